The Balaban J connectivity index is 1.47. The van der Waals surface area contributed by atoms with Crippen molar-refractivity contribution >= 4 is 27.8 Å². The maximum Gasteiger partial charge on any atom is 0.178 e. The summed E-state index contributed by atoms with van der Waals surface area (Å²) in [5.41, 5.74) is 7.22. The van der Waals surface area contributed by atoms with E-state index in [1.807, 2.05) is 43.4 Å². The molecule has 0 fully saturated rings. The smallest absolute Gasteiger partial charge is 0.178 e. The van der Waals surface area contributed by atoms with E-state index in [9.17, 15) is 4.39 Å². The largest absolute Gasteiger partial charge is 0.376 e. The molecule has 166 valence electrons. The first kappa shape index (κ1) is 20.0. The fourth-order valence-electron chi connectivity index (χ4n) is 3.96. The summed E-state index contributed by atoms with van der Waals surface area (Å²) in [6, 6.07) is 12.3. The molecule has 34 heavy (non-hydrogen) atoms. The van der Waals surface area contributed by atoms with E-state index in [0.29, 0.717) is 17.2 Å². The van der Waals surface area contributed by atoms with Crippen LogP contribution in [-0.4, -0.2) is 49.2 Å². The Bertz CT molecular complexity index is 1650. The highest BCUT2D eigenvalue weighted by molar-refractivity contribution is 5.96. The van der Waals surface area contributed by atoms with Gasteiger partial charge in [0, 0.05) is 43.0 Å². The molecule has 6 aromatic rings. The van der Waals surface area contributed by atoms with E-state index in [-0.39, 0.29) is 5.82 Å². The predicted octanol–water partition coefficient (Wildman–Crippen LogP) is 4.83. The van der Waals surface area contributed by atoms with E-state index in [1.165, 1.54) is 12.1 Å². The molecule has 5 aromatic heterocycles. The van der Waals surface area contributed by atoms with Crippen molar-refractivity contribution in [3.05, 3.63) is 73.1 Å². The standard InChI is InChI=1S/C25H19FN8/c1-34(2)17-9-15(11-27-12-17)20-10-19-21(13-29-20)32-33-23(19)25-30-22-18(7-8-28-24(22)31-25)14-3-5-16(26)6-4-14/h3-13H,1-2H3,(H,32,33)(H,28,30,31). The van der Waals surface area contributed by atoms with Gasteiger partial charge in [-0.05, 0) is 35.9 Å². The lowest BCUT2D eigenvalue weighted by Crippen LogP contribution is -2.08. The van der Waals surface area contributed by atoms with Crippen LogP contribution in [0.25, 0.3) is 56.0 Å². The summed E-state index contributed by atoms with van der Waals surface area (Å²) < 4.78 is 13.4. The number of halogens is 1. The number of fused-ring (bicyclic) bond motifs is 2. The Labute approximate surface area is 193 Å². The zero-order valence-corrected chi connectivity index (χ0v) is 18.4. The van der Waals surface area contributed by atoms with Crippen molar-refractivity contribution in [2.45, 2.75) is 0 Å². The number of benzene rings is 1. The minimum atomic E-state index is -0.280. The Hall–Kier alpha value is -4.66. The van der Waals surface area contributed by atoms with Crippen LogP contribution in [0.5, 0.6) is 0 Å². The summed E-state index contributed by atoms with van der Waals surface area (Å²) in [6.45, 7) is 0. The maximum absolute atomic E-state index is 13.4. The van der Waals surface area contributed by atoms with Crippen LogP contribution >= 0.6 is 0 Å². The number of nitrogens with zero attached hydrogens (tertiary/aromatic N) is 6. The van der Waals surface area contributed by atoms with Gasteiger partial charge in [-0.15, -0.1) is 0 Å². The van der Waals surface area contributed by atoms with Crippen LogP contribution in [0.3, 0.4) is 0 Å². The van der Waals surface area contributed by atoms with Gasteiger partial charge in [0.05, 0.1) is 34.8 Å². The highest BCUT2D eigenvalue weighted by Crippen LogP contribution is 2.32. The van der Waals surface area contributed by atoms with Crippen LogP contribution < -0.4 is 4.90 Å². The van der Waals surface area contributed by atoms with Crippen LogP contribution in [0.15, 0.2) is 67.3 Å². The number of anilines is 1. The SMILES string of the molecule is CN(C)c1cncc(-c2cc3c(-c4nc5nccc(-c6ccc(F)cc6)c5[nH]4)n[nH]c3cn2)c1. The summed E-state index contributed by atoms with van der Waals surface area (Å²) >= 11 is 0. The first-order valence-electron chi connectivity index (χ1n) is 10.6. The molecule has 5 heterocycles. The number of H-pyrrole nitrogens is 2. The van der Waals surface area contributed by atoms with Gasteiger partial charge in [-0.1, -0.05) is 12.1 Å². The van der Waals surface area contributed by atoms with Crippen molar-refractivity contribution in [2.75, 3.05) is 19.0 Å². The molecule has 0 spiro atoms. The van der Waals surface area contributed by atoms with Gasteiger partial charge in [0.1, 0.15) is 11.5 Å². The van der Waals surface area contributed by atoms with E-state index < -0.39 is 0 Å². The number of nitrogens with one attached hydrogen (secondary N) is 2. The second-order valence-corrected chi connectivity index (χ2v) is 8.16. The molecule has 0 saturated heterocycles. The third-order valence-corrected chi connectivity index (χ3v) is 5.75. The van der Waals surface area contributed by atoms with E-state index in [4.69, 9.17) is 0 Å². The molecular weight excluding hydrogens is 431 g/mol. The fraction of sp³-hybridized carbons (Fsp3) is 0.0800. The summed E-state index contributed by atoms with van der Waals surface area (Å²) in [5, 5.41) is 8.41. The van der Waals surface area contributed by atoms with Gasteiger partial charge in [0.15, 0.2) is 11.5 Å². The van der Waals surface area contributed by atoms with Gasteiger partial charge in [-0.2, -0.15) is 5.10 Å². The molecule has 0 bridgehead atoms. The zero-order chi connectivity index (χ0) is 23.2. The number of imidazole rings is 1. The van der Waals surface area contributed by atoms with Gasteiger partial charge < -0.3 is 9.88 Å². The Morgan fingerprint density at radius 3 is 2.59 bits per heavy atom. The minimum Gasteiger partial charge on any atom is -0.376 e. The number of aromatic nitrogens is 7. The summed E-state index contributed by atoms with van der Waals surface area (Å²) in [7, 11) is 3.95. The summed E-state index contributed by atoms with van der Waals surface area (Å²) in [5.74, 6) is 0.304. The maximum atomic E-state index is 13.4. The normalized spacial score (nSPS) is 11.4. The van der Waals surface area contributed by atoms with Crippen molar-refractivity contribution in [3.8, 4) is 33.9 Å². The highest BCUT2D eigenvalue weighted by Gasteiger charge is 2.17. The van der Waals surface area contributed by atoms with Crippen molar-refractivity contribution < 1.29 is 4.39 Å². The summed E-state index contributed by atoms with van der Waals surface area (Å²) in [6.07, 6.45) is 7.06. The van der Waals surface area contributed by atoms with Crippen LogP contribution in [-0.2, 0) is 0 Å². The Morgan fingerprint density at radius 2 is 1.76 bits per heavy atom. The molecule has 0 aliphatic heterocycles. The molecule has 2 N–H and O–H groups in total. The minimum absolute atomic E-state index is 0.280. The van der Waals surface area contributed by atoms with Crippen LogP contribution in [0.2, 0.25) is 0 Å². The Kier molecular flexibility index (Phi) is 4.54. The van der Waals surface area contributed by atoms with Crippen LogP contribution in [0.1, 0.15) is 0 Å². The van der Waals surface area contributed by atoms with Gasteiger partial charge in [-0.3, -0.25) is 15.1 Å². The van der Waals surface area contributed by atoms with Crippen LogP contribution in [0, 0.1) is 5.82 Å². The van der Waals surface area contributed by atoms with Crippen molar-refractivity contribution in [1.29, 1.82) is 0 Å². The molecule has 0 radical (unpaired) electrons. The average Bonchev–Trinajstić information content (AvgIpc) is 3.48. The number of hydrogen-bond donors (Lipinski definition) is 2. The van der Waals surface area contributed by atoms with Crippen molar-refractivity contribution in [2.24, 2.45) is 0 Å². The number of aromatic amines is 2. The second-order valence-electron chi connectivity index (χ2n) is 8.16. The first-order valence-corrected chi connectivity index (χ1v) is 10.6. The molecule has 0 aliphatic carbocycles. The summed E-state index contributed by atoms with van der Waals surface area (Å²) in [4.78, 5) is 23.4. The number of rotatable bonds is 4. The lowest BCUT2D eigenvalue weighted by atomic mass is 10.1. The molecular formula is C25H19FN8. The van der Waals surface area contributed by atoms with Crippen LogP contribution in [0.4, 0.5) is 10.1 Å². The van der Waals surface area contributed by atoms with Gasteiger partial charge in [0.25, 0.3) is 0 Å². The fourth-order valence-corrected chi connectivity index (χ4v) is 3.96. The third-order valence-electron chi connectivity index (χ3n) is 5.75. The molecule has 0 amide bonds. The van der Waals surface area contributed by atoms with Crippen molar-refractivity contribution in [3.63, 3.8) is 0 Å². The molecule has 9 heteroatoms. The lowest BCUT2D eigenvalue weighted by molar-refractivity contribution is 0.628. The first-order chi connectivity index (χ1) is 16.6. The monoisotopic (exact) mass is 450 g/mol. The molecule has 8 nitrogen and oxygen atoms in total. The van der Waals surface area contributed by atoms with Gasteiger partial charge >= 0.3 is 0 Å². The zero-order valence-electron chi connectivity index (χ0n) is 18.4. The van der Waals surface area contributed by atoms with Gasteiger partial charge in [0.2, 0.25) is 0 Å². The van der Waals surface area contributed by atoms with E-state index in [0.717, 1.165) is 44.5 Å². The van der Waals surface area contributed by atoms with Gasteiger partial charge in [-0.25, -0.2) is 14.4 Å². The molecule has 0 aliphatic rings. The number of hydrogen-bond acceptors (Lipinski definition) is 6. The molecule has 0 saturated carbocycles. The van der Waals surface area contributed by atoms with Crippen molar-refractivity contribution in [1.82, 2.24) is 35.1 Å². The molecule has 0 atom stereocenters. The quantitative estimate of drug-likeness (QED) is 0.399. The molecule has 6 rings (SSSR count). The third kappa shape index (κ3) is 3.34. The average molecular weight is 450 g/mol. The number of pyridine rings is 3. The molecule has 0 unspecified atom stereocenters. The van der Waals surface area contributed by atoms with E-state index in [1.54, 1.807) is 30.7 Å². The predicted molar refractivity (Wildman–Crippen MR) is 130 cm³/mol. The van der Waals surface area contributed by atoms with E-state index >= 15 is 0 Å². The second kappa shape index (κ2) is 7.73. The topological polar surface area (TPSA) is 99.3 Å². The lowest BCUT2D eigenvalue weighted by Gasteiger charge is -2.12. The Morgan fingerprint density at radius 1 is 0.912 bits per heavy atom. The molecule has 1 aromatic carbocycles. The highest BCUT2D eigenvalue weighted by atomic mass is 19.1. The van der Waals surface area contributed by atoms with E-state index in [2.05, 4.69) is 35.1 Å².